The van der Waals surface area contributed by atoms with E-state index in [0.29, 0.717) is 23.8 Å². The van der Waals surface area contributed by atoms with Gasteiger partial charge in [-0.15, -0.1) is 0 Å². The molecule has 0 unspecified atom stereocenters. The first-order valence-electron chi connectivity index (χ1n) is 9.60. The SMILES string of the molecule is O=C(COC(=O)CN(Cc1ccccc1)Cc1ccccc1)Nc1ccccc1Cl. The summed E-state index contributed by atoms with van der Waals surface area (Å²) in [5.41, 5.74) is 2.67. The summed E-state index contributed by atoms with van der Waals surface area (Å²) >= 11 is 6.02. The summed E-state index contributed by atoms with van der Waals surface area (Å²) in [5.74, 6) is -0.898. The van der Waals surface area contributed by atoms with Gasteiger partial charge in [0.2, 0.25) is 0 Å². The molecule has 3 aromatic carbocycles. The molecule has 1 N–H and O–H groups in total. The number of nitrogens with zero attached hydrogens (tertiary/aromatic N) is 1. The summed E-state index contributed by atoms with van der Waals surface area (Å²) in [6, 6.07) is 26.7. The van der Waals surface area contributed by atoms with Crippen LogP contribution in [-0.2, 0) is 27.4 Å². The molecule has 0 heterocycles. The molecule has 5 nitrogen and oxygen atoms in total. The summed E-state index contributed by atoms with van der Waals surface area (Å²) in [5, 5.41) is 3.06. The van der Waals surface area contributed by atoms with Crippen LogP contribution in [0.4, 0.5) is 5.69 Å². The normalized spacial score (nSPS) is 10.6. The lowest BCUT2D eigenvalue weighted by Crippen LogP contribution is -2.32. The lowest BCUT2D eigenvalue weighted by atomic mass is 10.1. The predicted molar refractivity (Wildman–Crippen MR) is 118 cm³/mol. The highest BCUT2D eigenvalue weighted by Crippen LogP contribution is 2.20. The summed E-state index contributed by atoms with van der Waals surface area (Å²) in [7, 11) is 0. The second-order valence-corrected chi connectivity index (χ2v) is 7.21. The third kappa shape index (κ3) is 7.03. The van der Waals surface area contributed by atoms with Crippen molar-refractivity contribution in [2.24, 2.45) is 0 Å². The van der Waals surface area contributed by atoms with Crippen molar-refractivity contribution in [3.8, 4) is 0 Å². The van der Waals surface area contributed by atoms with Crippen molar-refractivity contribution in [3.63, 3.8) is 0 Å². The molecule has 0 saturated carbocycles. The Labute approximate surface area is 181 Å². The average molecular weight is 423 g/mol. The number of ether oxygens (including phenoxy) is 1. The van der Waals surface area contributed by atoms with Crippen LogP contribution in [0.5, 0.6) is 0 Å². The number of amides is 1. The van der Waals surface area contributed by atoms with E-state index in [1.807, 2.05) is 65.6 Å². The first kappa shape index (κ1) is 21.6. The Morgan fingerprint density at radius 2 is 1.33 bits per heavy atom. The van der Waals surface area contributed by atoms with Crippen molar-refractivity contribution in [1.29, 1.82) is 0 Å². The van der Waals surface area contributed by atoms with Gasteiger partial charge in [-0.25, -0.2) is 0 Å². The van der Waals surface area contributed by atoms with Gasteiger partial charge >= 0.3 is 5.97 Å². The molecule has 3 rings (SSSR count). The number of para-hydroxylation sites is 1. The number of rotatable bonds is 9. The molecule has 0 saturated heterocycles. The Morgan fingerprint density at radius 3 is 1.90 bits per heavy atom. The van der Waals surface area contributed by atoms with Crippen molar-refractivity contribution in [2.75, 3.05) is 18.5 Å². The smallest absolute Gasteiger partial charge is 0.320 e. The van der Waals surface area contributed by atoms with E-state index in [1.54, 1.807) is 24.3 Å². The van der Waals surface area contributed by atoms with Gasteiger partial charge in [-0.2, -0.15) is 0 Å². The molecule has 1 amide bonds. The molecule has 0 aliphatic heterocycles. The molecule has 154 valence electrons. The molecule has 0 bridgehead atoms. The number of nitrogens with one attached hydrogen (secondary N) is 1. The Morgan fingerprint density at radius 1 is 0.800 bits per heavy atom. The van der Waals surface area contributed by atoms with Gasteiger partial charge in [0.05, 0.1) is 17.3 Å². The largest absolute Gasteiger partial charge is 0.455 e. The number of hydrogen-bond donors (Lipinski definition) is 1. The molecular weight excluding hydrogens is 400 g/mol. The summed E-state index contributed by atoms with van der Waals surface area (Å²) in [6.07, 6.45) is 0. The maximum atomic E-state index is 12.4. The van der Waals surface area contributed by atoms with Crippen molar-refractivity contribution in [2.45, 2.75) is 13.1 Å². The molecule has 0 aliphatic rings. The van der Waals surface area contributed by atoms with Gasteiger partial charge in [0.15, 0.2) is 6.61 Å². The summed E-state index contributed by atoms with van der Waals surface area (Å²) in [4.78, 5) is 26.4. The van der Waals surface area contributed by atoms with E-state index in [0.717, 1.165) is 11.1 Å². The number of esters is 1. The fourth-order valence-corrected chi connectivity index (χ4v) is 3.16. The Balaban J connectivity index is 1.55. The van der Waals surface area contributed by atoms with Crippen LogP contribution < -0.4 is 5.32 Å². The minimum atomic E-state index is -0.462. The van der Waals surface area contributed by atoms with E-state index in [4.69, 9.17) is 16.3 Å². The summed E-state index contributed by atoms with van der Waals surface area (Å²) < 4.78 is 5.19. The number of benzene rings is 3. The van der Waals surface area contributed by atoms with E-state index in [-0.39, 0.29) is 13.2 Å². The van der Waals surface area contributed by atoms with Crippen LogP contribution in [-0.4, -0.2) is 29.9 Å². The zero-order chi connectivity index (χ0) is 21.2. The number of anilines is 1. The lowest BCUT2D eigenvalue weighted by Gasteiger charge is -2.21. The Hall–Kier alpha value is -3.15. The van der Waals surface area contributed by atoms with Gasteiger partial charge in [0, 0.05) is 13.1 Å². The second-order valence-electron chi connectivity index (χ2n) is 6.81. The maximum Gasteiger partial charge on any atom is 0.320 e. The predicted octanol–water partition coefficient (Wildman–Crippen LogP) is 4.52. The van der Waals surface area contributed by atoms with Crippen molar-refractivity contribution in [1.82, 2.24) is 4.90 Å². The minimum Gasteiger partial charge on any atom is -0.455 e. The first-order valence-corrected chi connectivity index (χ1v) is 9.98. The van der Waals surface area contributed by atoms with Crippen molar-refractivity contribution < 1.29 is 14.3 Å². The number of halogens is 1. The molecular formula is C24H23ClN2O3. The van der Waals surface area contributed by atoms with Crippen molar-refractivity contribution in [3.05, 3.63) is 101 Å². The highest BCUT2D eigenvalue weighted by molar-refractivity contribution is 6.33. The molecule has 0 atom stereocenters. The number of carbonyl (C=O) groups is 2. The molecule has 6 heteroatoms. The first-order chi connectivity index (χ1) is 14.6. The second kappa shape index (κ2) is 11.1. The molecule has 0 aliphatic carbocycles. The highest BCUT2D eigenvalue weighted by atomic mass is 35.5. The third-order valence-corrected chi connectivity index (χ3v) is 4.69. The maximum absolute atomic E-state index is 12.4. The van der Waals surface area contributed by atoms with Crippen LogP contribution in [0.1, 0.15) is 11.1 Å². The van der Waals surface area contributed by atoms with E-state index in [2.05, 4.69) is 5.32 Å². The van der Waals surface area contributed by atoms with E-state index >= 15 is 0 Å². The van der Waals surface area contributed by atoms with Gasteiger partial charge < -0.3 is 10.1 Å². The van der Waals surface area contributed by atoms with E-state index in [9.17, 15) is 9.59 Å². The van der Waals surface area contributed by atoms with Gasteiger partial charge in [-0.05, 0) is 23.3 Å². The number of hydrogen-bond acceptors (Lipinski definition) is 4. The average Bonchev–Trinajstić information content (AvgIpc) is 2.75. The quantitative estimate of drug-likeness (QED) is 0.515. The third-order valence-electron chi connectivity index (χ3n) is 4.36. The molecule has 0 radical (unpaired) electrons. The lowest BCUT2D eigenvalue weighted by molar-refractivity contribution is -0.148. The minimum absolute atomic E-state index is 0.0726. The monoisotopic (exact) mass is 422 g/mol. The topological polar surface area (TPSA) is 58.6 Å². The van der Waals surface area contributed by atoms with Crippen LogP contribution in [0.3, 0.4) is 0 Å². The van der Waals surface area contributed by atoms with Crippen LogP contribution in [0.15, 0.2) is 84.9 Å². The van der Waals surface area contributed by atoms with E-state index < -0.39 is 11.9 Å². The van der Waals surface area contributed by atoms with Gasteiger partial charge in [-0.3, -0.25) is 14.5 Å². The van der Waals surface area contributed by atoms with Crippen LogP contribution >= 0.6 is 11.6 Å². The molecule has 0 aromatic heterocycles. The Bertz CT molecular complexity index is 923. The van der Waals surface area contributed by atoms with Crippen molar-refractivity contribution >= 4 is 29.2 Å². The molecule has 0 spiro atoms. The van der Waals surface area contributed by atoms with Gasteiger partial charge in [0.1, 0.15) is 0 Å². The van der Waals surface area contributed by atoms with Crippen LogP contribution in [0.2, 0.25) is 5.02 Å². The standard InChI is InChI=1S/C24H23ClN2O3/c25-21-13-7-8-14-22(21)26-23(28)18-30-24(29)17-27(15-19-9-3-1-4-10-19)16-20-11-5-2-6-12-20/h1-14H,15-18H2,(H,26,28). The van der Waals surface area contributed by atoms with Crippen LogP contribution in [0, 0.1) is 0 Å². The van der Waals surface area contributed by atoms with E-state index in [1.165, 1.54) is 0 Å². The molecule has 3 aromatic rings. The van der Waals surface area contributed by atoms with Crippen LogP contribution in [0.25, 0.3) is 0 Å². The zero-order valence-electron chi connectivity index (χ0n) is 16.5. The summed E-state index contributed by atoms with van der Waals surface area (Å²) in [6.45, 7) is 0.894. The fourth-order valence-electron chi connectivity index (χ4n) is 2.97. The van der Waals surface area contributed by atoms with Gasteiger partial charge in [-0.1, -0.05) is 84.4 Å². The fraction of sp³-hybridized carbons (Fsp3) is 0.167. The number of carbonyl (C=O) groups excluding carboxylic acids is 2. The zero-order valence-corrected chi connectivity index (χ0v) is 17.2. The highest BCUT2D eigenvalue weighted by Gasteiger charge is 2.15. The molecule has 30 heavy (non-hydrogen) atoms. The van der Waals surface area contributed by atoms with Gasteiger partial charge in [0.25, 0.3) is 5.91 Å². The Kier molecular flexibility index (Phi) is 8.01. The molecule has 0 fully saturated rings.